The minimum Gasteiger partial charge on any atom is -0.482 e. The van der Waals surface area contributed by atoms with Crippen LogP contribution < -0.4 is 20.3 Å². The first-order valence-corrected chi connectivity index (χ1v) is 8.39. The molecule has 3 amide bonds. The van der Waals surface area contributed by atoms with E-state index >= 15 is 0 Å². The lowest BCUT2D eigenvalue weighted by Crippen LogP contribution is -2.25. The molecule has 132 valence electrons. The van der Waals surface area contributed by atoms with Gasteiger partial charge < -0.3 is 20.3 Å². The van der Waals surface area contributed by atoms with Crippen molar-refractivity contribution in [3.05, 3.63) is 48.0 Å². The summed E-state index contributed by atoms with van der Waals surface area (Å²) < 4.78 is 5.34. The van der Waals surface area contributed by atoms with Gasteiger partial charge in [0, 0.05) is 29.9 Å². The molecule has 2 aliphatic heterocycles. The Morgan fingerprint density at radius 1 is 1.15 bits per heavy atom. The van der Waals surface area contributed by atoms with Crippen LogP contribution in [0.1, 0.15) is 23.2 Å². The third-order valence-electron chi connectivity index (χ3n) is 4.37. The van der Waals surface area contributed by atoms with Gasteiger partial charge in [0.05, 0.1) is 5.69 Å². The first-order valence-electron chi connectivity index (χ1n) is 8.39. The van der Waals surface area contributed by atoms with Gasteiger partial charge in [-0.2, -0.15) is 0 Å². The van der Waals surface area contributed by atoms with Crippen LogP contribution in [0.3, 0.4) is 0 Å². The summed E-state index contributed by atoms with van der Waals surface area (Å²) in [4.78, 5) is 37.4. The standard InChI is InChI=1S/C19H17N3O4/c23-17-11-26-16-9-12(6-7-15(16)21-17)19(25)20-13-3-1-4-14(10-13)22-8-2-5-18(22)24/h1,3-4,6-7,9-10H,2,5,8,11H2,(H,20,25)(H,21,23). The molecular formula is C19H17N3O4. The molecule has 0 aliphatic carbocycles. The van der Waals surface area contributed by atoms with Crippen LogP contribution in [0.5, 0.6) is 5.75 Å². The van der Waals surface area contributed by atoms with Crippen LogP contribution in [0.2, 0.25) is 0 Å². The molecule has 0 saturated carbocycles. The van der Waals surface area contributed by atoms with Gasteiger partial charge in [-0.25, -0.2) is 0 Å². The number of hydrogen-bond acceptors (Lipinski definition) is 4. The summed E-state index contributed by atoms with van der Waals surface area (Å²) in [5, 5.41) is 5.52. The Morgan fingerprint density at radius 3 is 2.85 bits per heavy atom. The summed E-state index contributed by atoms with van der Waals surface area (Å²) in [6.07, 6.45) is 1.41. The number of anilines is 3. The Balaban J connectivity index is 1.52. The average Bonchev–Trinajstić information content (AvgIpc) is 3.07. The van der Waals surface area contributed by atoms with Crippen molar-refractivity contribution in [3.63, 3.8) is 0 Å². The Morgan fingerprint density at radius 2 is 2.04 bits per heavy atom. The van der Waals surface area contributed by atoms with Crippen molar-refractivity contribution in [1.82, 2.24) is 0 Å². The average molecular weight is 351 g/mol. The van der Waals surface area contributed by atoms with E-state index in [0.717, 1.165) is 12.1 Å². The lowest BCUT2D eigenvalue weighted by Gasteiger charge is -2.19. The second kappa shape index (κ2) is 6.51. The Bertz CT molecular complexity index is 909. The molecule has 2 aromatic rings. The fraction of sp³-hybridized carbons (Fsp3) is 0.211. The fourth-order valence-corrected chi connectivity index (χ4v) is 3.09. The maximum Gasteiger partial charge on any atom is 0.262 e. The van der Waals surface area contributed by atoms with Gasteiger partial charge in [-0.05, 0) is 42.8 Å². The number of nitrogens with one attached hydrogen (secondary N) is 2. The normalized spacial score (nSPS) is 15.9. The molecule has 1 fully saturated rings. The number of ether oxygens (including phenoxy) is 1. The van der Waals surface area contributed by atoms with Gasteiger partial charge in [0.2, 0.25) is 5.91 Å². The van der Waals surface area contributed by atoms with Crippen LogP contribution in [-0.2, 0) is 9.59 Å². The highest BCUT2D eigenvalue weighted by Crippen LogP contribution is 2.29. The molecule has 2 aliphatic rings. The highest BCUT2D eigenvalue weighted by atomic mass is 16.5. The molecule has 0 unspecified atom stereocenters. The molecule has 1 saturated heterocycles. The molecule has 0 radical (unpaired) electrons. The summed E-state index contributed by atoms with van der Waals surface area (Å²) >= 11 is 0. The molecular weight excluding hydrogens is 334 g/mol. The summed E-state index contributed by atoms with van der Waals surface area (Å²) in [6, 6.07) is 12.1. The summed E-state index contributed by atoms with van der Waals surface area (Å²) in [5.74, 6) is 0.0530. The SMILES string of the molecule is O=C1COc2cc(C(=O)Nc3cccc(N4CCCC4=O)c3)ccc2N1. The number of amides is 3. The monoisotopic (exact) mass is 351 g/mol. The first-order chi connectivity index (χ1) is 12.6. The van der Waals surface area contributed by atoms with Gasteiger partial charge in [0.1, 0.15) is 5.75 Å². The Labute approximate surface area is 149 Å². The Hall–Kier alpha value is -3.35. The Kier molecular flexibility index (Phi) is 4.04. The third-order valence-corrected chi connectivity index (χ3v) is 4.37. The molecule has 2 heterocycles. The van der Waals surface area contributed by atoms with Crippen LogP contribution >= 0.6 is 0 Å². The second-order valence-electron chi connectivity index (χ2n) is 6.20. The smallest absolute Gasteiger partial charge is 0.262 e. The molecule has 2 N–H and O–H groups in total. The molecule has 7 nitrogen and oxygen atoms in total. The van der Waals surface area contributed by atoms with E-state index in [1.807, 2.05) is 12.1 Å². The molecule has 0 atom stereocenters. The molecule has 4 rings (SSSR count). The van der Waals surface area contributed by atoms with Crippen LogP contribution in [-0.4, -0.2) is 30.9 Å². The zero-order chi connectivity index (χ0) is 18.1. The molecule has 7 heteroatoms. The van der Waals surface area contributed by atoms with Crippen molar-refractivity contribution in [2.45, 2.75) is 12.8 Å². The van der Waals surface area contributed by atoms with E-state index in [1.165, 1.54) is 0 Å². The van der Waals surface area contributed by atoms with E-state index in [1.54, 1.807) is 35.2 Å². The van der Waals surface area contributed by atoms with Gasteiger partial charge >= 0.3 is 0 Å². The van der Waals surface area contributed by atoms with E-state index in [0.29, 0.717) is 35.7 Å². The van der Waals surface area contributed by atoms with E-state index in [9.17, 15) is 14.4 Å². The maximum atomic E-state index is 12.5. The first kappa shape index (κ1) is 16.1. The van der Waals surface area contributed by atoms with Gasteiger partial charge in [0.15, 0.2) is 6.61 Å². The van der Waals surface area contributed by atoms with E-state index in [-0.39, 0.29) is 24.3 Å². The lowest BCUT2D eigenvalue weighted by molar-refractivity contribution is -0.119. The van der Waals surface area contributed by atoms with Crippen LogP contribution in [0.15, 0.2) is 42.5 Å². The van der Waals surface area contributed by atoms with E-state index < -0.39 is 0 Å². The topological polar surface area (TPSA) is 87.7 Å². The minimum absolute atomic E-state index is 0.0655. The molecule has 0 spiro atoms. The fourth-order valence-electron chi connectivity index (χ4n) is 3.09. The van der Waals surface area contributed by atoms with Crippen molar-refractivity contribution >= 4 is 34.8 Å². The molecule has 0 aromatic heterocycles. The number of rotatable bonds is 3. The lowest BCUT2D eigenvalue weighted by atomic mass is 10.1. The van der Waals surface area contributed by atoms with Gasteiger partial charge in [-0.1, -0.05) is 6.07 Å². The minimum atomic E-state index is -0.293. The van der Waals surface area contributed by atoms with Crippen LogP contribution in [0.25, 0.3) is 0 Å². The van der Waals surface area contributed by atoms with Crippen molar-refractivity contribution in [2.75, 3.05) is 28.7 Å². The third kappa shape index (κ3) is 3.11. The number of benzene rings is 2. The summed E-state index contributed by atoms with van der Waals surface area (Å²) in [6.45, 7) is 0.633. The predicted molar refractivity (Wildman–Crippen MR) is 96.5 cm³/mol. The van der Waals surface area contributed by atoms with Gasteiger partial charge in [0.25, 0.3) is 11.8 Å². The van der Waals surface area contributed by atoms with Crippen LogP contribution in [0, 0.1) is 0 Å². The highest BCUT2D eigenvalue weighted by molar-refractivity contribution is 6.06. The molecule has 0 bridgehead atoms. The number of carbonyl (C=O) groups is 3. The number of fused-ring (bicyclic) bond motifs is 1. The highest BCUT2D eigenvalue weighted by Gasteiger charge is 2.22. The number of carbonyl (C=O) groups excluding carboxylic acids is 3. The predicted octanol–water partition coefficient (Wildman–Crippen LogP) is 2.40. The zero-order valence-electron chi connectivity index (χ0n) is 14.0. The molecule has 26 heavy (non-hydrogen) atoms. The quantitative estimate of drug-likeness (QED) is 0.889. The molecule has 2 aromatic carbocycles. The largest absolute Gasteiger partial charge is 0.482 e. The van der Waals surface area contributed by atoms with Crippen molar-refractivity contribution in [1.29, 1.82) is 0 Å². The van der Waals surface area contributed by atoms with Crippen molar-refractivity contribution in [3.8, 4) is 5.75 Å². The van der Waals surface area contributed by atoms with Crippen LogP contribution in [0.4, 0.5) is 17.1 Å². The number of nitrogens with zero attached hydrogens (tertiary/aromatic N) is 1. The van der Waals surface area contributed by atoms with E-state index in [4.69, 9.17) is 4.74 Å². The van der Waals surface area contributed by atoms with Gasteiger partial charge in [-0.3, -0.25) is 14.4 Å². The summed E-state index contributed by atoms with van der Waals surface area (Å²) in [5.41, 5.74) is 2.36. The second-order valence-corrected chi connectivity index (χ2v) is 6.20. The van der Waals surface area contributed by atoms with E-state index in [2.05, 4.69) is 10.6 Å². The number of hydrogen-bond donors (Lipinski definition) is 2. The summed E-state index contributed by atoms with van der Waals surface area (Å²) in [7, 11) is 0. The van der Waals surface area contributed by atoms with Crippen molar-refractivity contribution in [2.24, 2.45) is 0 Å². The zero-order valence-corrected chi connectivity index (χ0v) is 14.0. The van der Waals surface area contributed by atoms with Gasteiger partial charge in [-0.15, -0.1) is 0 Å². The maximum absolute atomic E-state index is 12.5. The van der Waals surface area contributed by atoms with Crippen molar-refractivity contribution < 1.29 is 19.1 Å².